The summed E-state index contributed by atoms with van der Waals surface area (Å²) >= 11 is 7.29. The summed E-state index contributed by atoms with van der Waals surface area (Å²) in [6.45, 7) is 1.75. The molecule has 1 aromatic heterocycles. The molecule has 0 radical (unpaired) electrons. The highest BCUT2D eigenvalue weighted by atomic mass is 35.5. The molecule has 33 heavy (non-hydrogen) atoms. The quantitative estimate of drug-likeness (QED) is 0.229. The van der Waals surface area contributed by atoms with Gasteiger partial charge < -0.3 is 5.32 Å². The molecule has 0 unspecified atom stereocenters. The van der Waals surface area contributed by atoms with Gasteiger partial charge in [-0.2, -0.15) is 0 Å². The number of nitrogens with zero attached hydrogens (tertiary/aromatic N) is 2. The lowest BCUT2D eigenvalue weighted by atomic mass is 10.1. The predicted octanol–water partition coefficient (Wildman–Crippen LogP) is 5.03. The zero-order valence-electron chi connectivity index (χ0n) is 17.7. The van der Waals surface area contributed by atoms with Crippen molar-refractivity contribution < 1.29 is 9.59 Å². The number of ketones is 1. The van der Waals surface area contributed by atoms with Crippen molar-refractivity contribution >= 4 is 51.6 Å². The molecule has 0 aliphatic carbocycles. The predicted molar refractivity (Wildman–Crippen MR) is 132 cm³/mol. The summed E-state index contributed by atoms with van der Waals surface area (Å²) < 4.78 is 1.56. The highest BCUT2D eigenvalue weighted by molar-refractivity contribution is 7.99. The van der Waals surface area contributed by atoms with Crippen LogP contribution in [0.5, 0.6) is 0 Å². The Balaban J connectivity index is 1.59. The molecule has 0 saturated carbocycles. The van der Waals surface area contributed by atoms with Crippen molar-refractivity contribution in [1.82, 2.24) is 9.55 Å². The van der Waals surface area contributed by atoms with E-state index in [4.69, 9.17) is 11.6 Å². The molecule has 1 amide bonds. The molecular weight excluding hydrogens is 458 g/mol. The third-order valence-electron chi connectivity index (χ3n) is 4.94. The van der Waals surface area contributed by atoms with E-state index in [1.54, 1.807) is 59.2 Å². The normalized spacial score (nSPS) is 10.8. The zero-order chi connectivity index (χ0) is 23.4. The van der Waals surface area contributed by atoms with Crippen molar-refractivity contribution in [2.45, 2.75) is 18.6 Å². The number of rotatable bonds is 7. The topological polar surface area (TPSA) is 81.1 Å². The number of amides is 1. The van der Waals surface area contributed by atoms with E-state index in [1.807, 2.05) is 18.2 Å². The minimum Gasteiger partial charge on any atom is -0.325 e. The van der Waals surface area contributed by atoms with Crippen LogP contribution in [0.4, 0.5) is 5.69 Å². The lowest BCUT2D eigenvalue weighted by Gasteiger charge is -2.13. The Morgan fingerprint density at radius 1 is 1.03 bits per heavy atom. The third kappa shape index (κ3) is 5.50. The highest BCUT2D eigenvalue weighted by Crippen LogP contribution is 2.21. The fourth-order valence-electron chi connectivity index (χ4n) is 3.36. The third-order valence-corrected chi connectivity index (χ3v) is 6.15. The summed E-state index contributed by atoms with van der Waals surface area (Å²) in [6.07, 6.45) is 0. The molecule has 0 aliphatic heterocycles. The van der Waals surface area contributed by atoms with Crippen LogP contribution in [0.2, 0.25) is 5.02 Å². The first-order valence-electron chi connectivity index (χ1n) is 10.2. The van der Waals surface area contributed by atoms with Crippen molar-refractivity contribution in [3.8, 4) is 0 Å². The number of halogens is 1. The Kier molecular flexibility index (Phi) is 6.91. The van der Waals surface area contributed by atoms with Crippen LogP contribution < -0.4 is 10.9 Å². The molecule has 1 heterocycles. The molecule has 0 spiro atoms. The van der Waals surface area contributed by atoms with Crippen LogP contribution in [0.1, 0.15) is 22.8 Å². The number of thioether (sulfide) groups is 1. The smallest absolute Gasteiger partial charge is 0.262 e. The summed E-state index contributed by atoms with van der Waals surface area (Å²) in [6, 6.07) is 21.2. The fraction of sp³-hybridized carbons (Fsp3) is 0.120. The van der Waals surface area contributed by atoms with E-state index in [2.05, 4.69) is 10.3 Å². The maximum atomic E-state index is 13.2. The van der Waals surface area contributed by atoms with Crippen LogP contribution in [0, 0.1) is 0 Å². The van der Waals surface area contributed by atoms with Gasteiger partial charge in [0.2, 0.25) is 5.91 Å². The molecule has 8 heteroatoms. The van der Waals surface area contributed by atoms with Gasteiger partial charge in [0.05, 0.1) is 23.2 Å². The van der Waals surface area contributed by atoms with E-state index in [1.165, 1.54) is 18.7 Å². The van der Waals surface area contributed by atoms with Crippen LogP contribution in [0.3, 0.4) is 0 Å². The van der Waals surface area contributed by atoms with E-state index >= 15 is 0 Å². The zero-order valence-corrected chi connectivity index (χ0v) is 19.3. The van der Waals surface area contributed by atoms with Gasteiger partial charge in [-0.05, 0) is 48.9 Å². The summed E-state index contributed by atoms with van der Waals surface area (Å²) in [7, 11) is 0. The van der Waals surface area contributed by atoms with Gasteiger partial charge in [0.1, 0.15) is 0 Å². The standard InChI is InChI=1S/C25H20ClN3O3S/c1-16(30)18-7-5-9-20(13-18)27-23(31)15-33-25-28-22-11-3-2-10-21(22)24(32)29(25)14-17-6-4-8-19(26)12-17/h2-13H,14-15H2,1H3,(H,27,31). The van der Waals surface area contributed by atoms with E-state index < -0.39 is 0 Å². The molecule has 4 aromatic rings. The number of aromatic nitrogens is 2. The number of anilines is 1. The van der Waals surface area contributed by atoms with E-state index in [0.29, 0.717) is 32.3 Å². The number of Topliss-reactive ketones (excluding diaryl/α,β-unsaturated/α-hetero) is 1. The van der Waals surface area contributed by atoms with Crippen LogP contribution >= 0.6 is 23.4 Å². The van der Waals surface area contributed by atoms with Gasteiger partial charge >= 0.3 is 0 Å². The molecule has 0 aliphatic rings. The van der Waals surface area contributed by atoms with Gasteiger partial charge in [0, 0.05) is 16.3 Å². The number of carbonyl (C=O) groups is 2. The molecule has 0 saturated heterocycles. The molecule has 0 atom stereocenters. The Morgan fingerprint density at radius 3 is 2.61 bits per heavy atom. The van der Waals surface area contributed by atoms with Crippen molar-refractivity contribution in [2.75, 3.05) is 11.1 Å². The van der Waals surface area contributed by atoms with E-state index in [-0.39, 0.29) is 29.5 Å². The van der Waals surface area contributed by atoms with Crippen molar-refractivity contribution in [1.29, 1.82) is 0 Å². The van der Waals surface area contributed by atoms with Gasteiger partial charge in [-0.15, -0.1) is 0 Å². The first-order valence-corrected chi connectivity index (χ1v) is 11.5. The van der Waals surface area contributed by atoms with Crippen molar-refractivity contribution in [3.63, 3.8) is 0 Å². The molecule has 6 nitrogen and oxygen atoms in total. The molecule has 3 aromatic carbocycles. The number of hydrogen-bond acceptors (Lipinski definition) is 5. The number of nitrogens with one attached hydrogen (secondary N) is 1. The second-order valence-corrected chi connectivity index (χ2v) is 8.79. The van der Waals surface area contributed by atoms with E-state index in [9.17, 15) is 14.4 Å². The molecular formula is C25H20ClN3O3S. The first kappa shape index (κ1) is 22.8. The van der Waals surface area contributed by atoms with Gasteiger partial charge in [-0.1, -0.05) is 59.8 Å². The van der Waals surface area contributed by atoms with Gasteiger partial charge in [-0.3, -0.25) is 19.0 Å². The van der Waals surface area contributed by atoms with Gasteiger partial charge in [0.25, 0.3) is 5.56 Å². The number of benzene rings is 3. The average molecular weight is 478 g/mol. The lowest BCUT2D eigenvalue weighted by Crippen LogP contribution is -2.25. The van der Waals surface area contributed by atoms with Crippen LogP contribution in [-0.2, 0) is 11.3 Å². The molecule has 4 rings (SSSR count). The number of fused-ring (bicyclic) bond motifs is 1. The minimum absolute atomic E-state index is 0.0463. The Hall–Kier alpha value is -3.42. The lowest BCUT2D eigenvalue weighted by molar-refractivity contribution is -0.113. The summed E-state index contributed by atoms with van der Waals surface area (Å²) in [5, 5.41) is 4.32. The number of carbonyl (C=O) groups excluding carboxylic acids is 2. The van der Waals surface area contributed by atoms with Crippen molar-refractivity contribution in [3.05, 3.63) is 99.3 Å². The summed E-state index contributed by atoms with van der Waals surface area (Å²) in [5.74, 6) is -0.298. The minimum atomic E-state index is -0.266. The molecule has 166 valence electrons. The number of hydrogen-bond donors (Lipinski definition) is 1. The second kappa shape index (κ2) is 10.0. The molecule has 0 fully saturated rings. The largest absolute Gasteiger partial charge is 0.325 e. The average Bonchev–Trinajstić information content (AvgIpc) is 2.80. The Labute approximate surface area is 199 Å². The van der Waals surface area contributed by atoms with Crippen LogP contribution in [-0.4, -0.2) is 27.0 Å². The summed E-state index contributed by atoms with van der Waals surface area (Å²) in [5.41, 5.74) is 2.30. The molecule has 1 N–H and O–H groups in total. The first-order chi connectivity index (χ1) is 15.9. The van der Waals surface area contributed by atoms with Crippen LogP contribution in [0.25, 0.3) is 10.9 Å². The fourth-order valence-corrected chi connectivity index (χ4v) is 4.37. The Bertz CT molecular complexity index is 1420. The molecule has 0 bridgehead atoms. The number of para-hydroxylation sites is 1. The second-order valence-electron chi connectivity index (χ2n) is 7.41. The van der Waals surface area contributed by atoms with Gasteiger partial charge in [-0.25, -0.2) is 4.98 Å². The summed E-state index contributed by atoms with van der Waals surface area (Å²) in [4.78, 5) is 42.0. The monoisotopic (exact) mass is 477 g/mol. The van der Waals surface area contributed by atoms with Crippen LogP contribution in [0.15, 0.2) is 82.7 Å². The maximum absolute atomic E-state index is 13.2. The van der Waals surface area contributed by atoms with Crippen molar-refractivity contribution in [2.24, 2.45) is 0 Å². The highest BCUT2D eigenvalue weighted by Gasteiger charge is 2.14. The van der Waals surface area contributed by atoms with Gasteiger partial charge in [0.15, 0.2) is 10.9 Å². The maximum Gasteiger partial charge on any atom is 0.262 e. The Morgan fingerprint density at radius 2 is 1.82 bits per heavy atom. The SMILES string of the molecule is CC(=O)c1cccc(NC(=O)CSc2nc3ccccc3c(=O)n2Cc2cccc(Cl)c2)c1. The van der Waals surface area contributed by atoms with E-state index in [0.717, 1.165) is 5.56 Å².